The number of benzene rings is 2. The van der Waals surface area contributed by atoms with Crippen molar-refractivity contribution in [2.45, 2.75) is 33.1 Å². The molecule has 0 saturated carbocycles. The van der Waals surface area contributed by atoms with Crippen molar-refractivity contribution in [2.24, 2.45) is 0 Å². The maximum absolute atomic E-state index is 11.2. The lowest BCUT2D eigenvalue weighted by Gasteiger charge is -2.18. The molecule has 32 heavy (non-hydrogen) atoms. The van der Waals surface area contributed by atoms with Crippen LogP contribution in [0.1, 0.15) is 37.5 Å². The molecule has 0 fully saturated rings. The van der Waals surface area contributed by atoms with Gasteiger partial charge in [0.1, 0.15) is 0 Å². The number of non-ortho nitro benzene ring substituents is 1. The molecule has 0 aliphatic rings. The third-order valence-corrected chi connectivity index (χ3v) is 5.43. The number of nitrogens with one attached hydrogen (secondary N) is 1. The van der Waals surface area contributed by atoms with Gasteiger partial charge in [-0.15, -0.1) is 0 Å². The zero-order valence-corrected chi connectivity index (χ0v) is 19.3. The third-order valence-electron chi connectivity index (χ3n) is 5.14. The average molecular weight is 449 g/mol. The molecule has 0 spiro atoms. The van der Waals surface area contributed by atoms with E-state index in [4.69, 9.17) is 12.2 Å². The van der Waals surface area contributed by atoms with E-state index in [2.05, 4.69) is 26.1 Å². The molecular formula is C25H26N3O3S+. The van der Waals surface area contributed by atoms with E-state index in [0.29, 0.717) is 16.2 Å². The zero-order valence-electron chi connectivity index (χ0n) is 18.5. The number of nitro benzene ring substituents is 1. The van der Waals surface area contributed by atoms with E-state index in [9.17, 15) is 15.2 Å². The minimum absolute atomic E-state index is 0.0245. The number of anilines is 1. The summed E-state index contributed by atoms with van der Waals surface area (Å²) in [5, 5.41) is 25.4. The summed E-state index contributed by atoms with van der Waals surface area (Å²) in [6.07, 6.45) is 3.70. The van der Waals surface area contributed by atoms with Gasteiger partial charge < -0.3 is 10.4 Å². The Hall–Kier alpha value is -3.58. The number of aryl methyl sites for hydroxylation is 1. The summed E-state index contributed by atoms with van der Waals surface area (Å²) >= 11 is 5.69. The van der Waals surface area contributed by atoms with Crippen LogP contribution >= 0.6 is 12.2 Å². The van der Waals surface area contributed by atoms with Crippen LogP contribution in [0.25, 0.3) is 11.5 Å². The molecule has 1 heterocycles. The molecule has 3 aromatic rings. The molecule has 6 nitrogen and oxygen atoms in total. The SMILES string of the molecule is Cc1ccccc1NC(=S)/C(=C(/O)c1ccc([N+](=O)[O-])cc1)[n+]1ccc(C(C)(C)C)cc1. The topological polar surface area (TPSA) is 79.3 Å². The first-order valence-electron chi connectivity index (χ1n) is 10.1. The van der Waals surface area contributed by atoms with Crippen LogP contribution in [0.15, 0.2) is 73.1 Å². The van der Waals surface area contributed by atoms with Crippen molar-refractivity contribution >= 4 is 40.0 Å². The monoisotopic (exact) mass is 448 g/mol. The van der Waals surface area contributed by atoms with Gasteiger partial charge in [-0.25, -0.2) is 0 Å². The summed E-state index contributed by atoms with van der Waals surface area (Å²) < 4.78 is 1.75. The maximum atomic E-state index is 11.2. The van der Waals surface area contributed by atoms with E-state index in [1.165, 1.54) is 24.3 Å². The second-order valence-electron chi connectivity index (χ2n) is 8.51. The molecule has 0 saturated heterocycles. The van der Waals surface area contributed by atoms with E-state index in [0.717, 1.165) is 16.8 Å². The Morgan fingerprint density at radius 3 is 2.16 bits per heavy atom. The number of pyridine rings is 1. The molecule has 7 heteroatoms. The second kappa shape index (κ2) is 9.28. The predicted molar refractivity (Wildman–Crippen MR) is 132 cm³/mol. The fraction of sp³-hybridized carbons (Fsp3) is 0.200. The minimum Gasteiger partial charge on any atom is -0.502 e. The van der Waals surface area contributed by atoms with Crippen LogP contribution in [0.5, 0.6) is 0 Å². The Balaban J connectivity index is 2.09. The van der Waals surface area contributed by atoms with Gasteiger partial charge in [0.05, 0.1) is 4.92 Å². The number of aliphatic hydroxyl groups is 1. The smallest absolute Gasteiger partial charge is 0.288 e. The molecule has 0 amide bonds. The van der Waals surface area contributed by atoms with Crippen LogP contribution in [0.4, 0.5) is 11.4 Å². The summed E-state index contributed by atoms with van der Waals surface area (Å²) in [4.78, 5) is 10.8. The molecule has 0 aliphatic carbocycles. The van der Waals surface area contributed by atoms with Gasteiger partial charge in [0.2, 0.25) is 0 Å². The highest BCUT2D eigenvalue weighted by atomic mass is 32.1. The second-order valence-corrected chi connectivity index (χ2v) is 8.92. The van der Waals surface area contributed by atoms with Crippen molar-refractivity contribution in [3.05, 3.63) is 99.9 Å². The first-order chi connectivity index (χ1) is 15.1. The average Bonchev–Trinajstić information content (AvgIpc) is 2.75. The number of para-hydroxylation sites is 1. The van der Waals surface area contributed by atoms with Gasteiger partial charge in [-0.2, -0.15) is 4.57 Å². The molecule has 2 aromatic carbocycles. The number of aromatic nitrogens is 1. The van der Waals surface area contributed by atoms with Crippen molar-refractivity contribution < 1.29 is 14.6 Å². The van der Waals surface area contributed by atoms with E-state index < -0.39 is 4.92 Å². The lowest BCUT2D eigenvalue weighted by Crippen LogP contribution is -2.39. The molecule has 1 aromatic heterocycles. The summed E-state index contributed by atoms with van der Waals surface area (Å²) in [7, 11) is 0. The highest BCUT2D eigenvalue weighted by Crippen LogP contribution is 2.24. The van der Waals surface area contributed by atoms with Gasteiger partial charge in [-0.1, -0.05) is 51.2 Å². The minimum atomic E-state index is -0.476. The van der Waals surface area contributed by atoms with Crippen LogP contribution in [0.2, 0.25) is 0 Å². The lowest BCUT2D eigenvalue weighted by atomic mass is 9.88. The summed E-state index contributed by atoms with van der Waals surface area (Å²) in [6, 6.07) is 17.4. The fourth-order valence-electron chi connectivity index (χ4n) is 3.19. The molecule has 2 N–H and O–H groups in total. The molecule has 0 aliphatic heterocycles. The number of nitro groups is 1. The Labute approximate surface area is 193 Å². The number of hydrogen-bond acceptors (Lipinski definition) is 4. The molecule has 0 atom stereocenters. The molecule has 164 valence electrons. The summed E-state index contributed by atoms with van der Waals surface area (Å²) in [6.45, 7) is 8.35. The number of aliphatic hydroxyl groups excluding tert-OH is 1. The quantitative estimate of drug-likeness (QED) is 0.129. The van der Waals surface area contributed by atoms with Gasteiger partial charge in [-0.05, 0) is 41.7 Å². The fourth-order valence-corrected chi connectivity index (χ4v) is 3.51. The van der Waals surface area contributed by atoms with E-state index in [1.54, 1.807) is 4.57 Å². The molecule has 0 unspecified atom stereocenters. The van der Waals surface area contributed by atoms with Crippen LogP contribution in [0, 0.1) is 17.0 Å². The van der Waals surface area contributed by atoms with Crippen LogP contribution in [0.3, 0.4) is 0 Å². The normalized spacial score (nSPS) is 12.1. The van der Waals surface area contributed by atoms with E-state index in [-0.39, 0.29) is 16.9 Å². The first-order valence-corrected chi connectivity index (χ1v) is 10.6. The predicted octanol–water partition coefficient (Wildman–Crippen LogP) is 5.81. The summed E-state index contributed by atoms with van der Waals surface area (Å²) in [5.41, 5.74) is 3.70. The van der Waals surface area contributed by atoms with Crippen molar-refractivity contribution in [2.75, 3.05) is 5.32 Å². The van der Waals surface area contributed by atoms with E-state index in [1.807, 2.05) is 55.7 Å². The number of thiocarbonyl (C=S) groups is 1. The van der Waals surface area contributed by atoms with Crippen molar-refractivity contribution in [1.29, 1.82) is 0 Å². The summed E-state index contributed by atoms with van der Waals surface area (Å²) in [5.74, 6) is -0.0838. The molecule has 0 radical (unpaired) electrons. The van der Waals surface area contributed by atoms with Gasteiger partial charge >= 0.3 is 0 Å². The van der Waals surface area contributed by atoms with Crippen molar-refractivity contribution in [3.63, 3.8) is 0 Å². The highest BCUT2D eigenvalue weighted by Gasteiger charge is 2.25. The van der Waals surface area contributed by atoms with Gasteiger partial charge in [0.25, 0.3) is 11.4 Å². The first kappa shape index (κ1) is 23.1. The largest absolute Gasteiger partial charge is 0.502 e. The number of nitrogens with zero attached hydrogens (tertiary/aromatic N) is 2. The number of hydrogen-bond donors (Lipinski definition) is 2. The van der Waals surface area contributed by atoms with Crippen LogP contribution in [-0.4, -0.2) is 15.0 Å². The van der Waals surface area contributed by atoms with Crippen LogP contribution < -0.4 is 9.88 Å². The van der Waals surface area contributed by atoms with Crippen molar-refractivity contribution in [3.8, 4) is 0 Å². The lowest BCUT2D eigenvalue weighted by molar-refractivity contribution is -0.575. The Morgan fingerprint density at radius 2 is 1.62 bits per heavy atom. The highest BCUT2D eigenvalue weighted by molar-refractivity contribution is 7.81. The van der Waals surface area contributed by atoms with Gasteiger partial charge in [0, 0.05) is 35.5 Å². The van der Waals surface area contributed by atoms with Crippen LogP contribution in [-0.2, 0) is 5.41 Å². The van der Waals surface area contributed by atoms with Gasteiger partial charge in [0.15, 0.2) is 23.1 Å². The Kier molecular flexibility index (Phi) is 6.69. The van der Waals surface area contributed by atoms with E-state index >= 15 is 0 Å². The Morgan fingerprint density at radius 1 is 1.03 bits per heavy atom. The Bertz CT molecular complexity index is 1180. The molecule has 0 bridgehead atoms. The van der Waals surface area contributed by atoms with Gasteiger partial charge in [-0.3, -0.25) is 10.1 Å². The zero-order chi connectivity index (χ0) is 23.5. The van der Waals surface area contributed by atoms with Crippen molar-refractivity contribution in [1.82, 2.24) is 0 Å². The number of rotatable bonds is 5. The maximum Gasteiger partial charge on any atom is 0.288 e. The molecule has 3 rings (SSSR count). The molecular weight excluding hydrogens is 422 g/mol. The standard InChI is InChI=1S/C25H25N3O3S/c1-17-7-5-6-8-21(17)26-24(32)22(27-15-13-19(14-16-27)25(2,3)4)23(29)18-9-11-20(12-10-18)28(30)31/h5-16H,1-4H3,(H-,26,29,32)/p+1. The third kappa shape index (κ3) is 5.18.